The average Bonchev–Trinajstić information content (AvgIpc) is 2.26. The highest BCUT2D eigenvalue weighted by atomic mass is 19.1. The Kier molecular flexibility index (Phi) is 4.07. The Morgan fingerprint density at radius 2 is 2.12 bits per heavy atom. The molecule has 0 amide bonds. The van der Waals surface area contributed by atoms with E-state index in [0.717, 1.165) is 12.5 Å². The van der Waals surface area contributed by atoms with Gasteiger partial charge in [-0.25, -0.2) is 8.78 Å². The van der Waals surface area contributed by atoms with Crippen LogP contribution in [0.25, 0.3) is 0 Å². The molecule has 0 bridgehead atoms. The molecule has 0 aliphatic heterocycles. The highest BCUT2D eigenvalue weighted by Crippen LogP contribution is 2.31. The van der Waals surface area contributed by atoms with E-state index in [1.165, 1.54) is 31.4 Å². The van der Waals surface area contributed by atoms with Crippen LogP contribution < -0.4 is 11.3 Å². The zero-order chi connectivity index (χ0) is 12.3. The van der Waals surface area contributed by atoms with E-state index in [2.05, 4.69) is 5.43 Å². The van der Waals surface area contributed by atoms with Crippen LogP contribution in [0.5, 0.6) is 0 Å². The zero-order valence-electron chi connectivity index (χ0n) is 9.76. The molecule has 1 aliphatic rings. The van der Waals surface area contributed by atoms with Gasteiger partial charge in [0, 0.05) is 6.04 Å². The van der Waals surface area contributed by atoms with Crippen LogP contribution >= 0.6 is 0 Å². The molecule has 4 heteroatoms. The summed E-state index contributed by atoms with van der Waals surface area (Å²) in [5.41, 5.74) is 3.10. The van der Waals surface area contributed by atoms with Gasteiger partial charge < -0.3 is 0 Å². The average molecular weight is 240 g/mol. The van der Waals surface area contributed by atoms with Gasteiger partial charge in [-0.2, -0.15) is 0 Å². The van der Waals surface area contributed by atoms with Crippen molar-refractivity contribution < 1.29 is 8.78 Å². The third-order valence-electron chi connectivity index (χ3n) is 3.55. The topological polar surface area (TPSA) is 38.0 Å². The fourth-order valence-electron chi connectivity index (χ4n) is 2.31. The van der Waals surface area contributed by atoms with Crippen LogP contribution in [0.3, 0.4) is 0 Å². The van der Waals surface area contributed by atoms with Crippen molar-refractivity contribution in [2.45, 2.75) is 38.1 Å². The quantitative estimate of drug-likeness (QED) is 0.613. The molecule has 1 unspecified atom stereocenters. The molecule has 1 aromatic carbocycles. The summed E-state index contributed by atoms with van der Waals surface area (Å²) in [7, 11) is 0. The maximum absolute atomic E-state index is 13.5. The molecule has 2 rings (SSSR count). The summed E-state index contributed by atoms with van der Waals surface area (Å²) >= 11 is 0. The minimum Gasteiger partial charge on any atom is -0.271 e. The Hall–Kier alpha value is -1.00. The second kappa shape index (κ2) is 5.56. The summed E-state index contributed by atoms with van der Waals surface area (Å²) in [5.74, 6) is 5.39. The Labute approximate surface area is 100 Å². The van der Waals surface area contributed by atoms with E-state index in [1.54, 1.807) is 0 Å². The predicted molar refractivity (Wildman–Crippen MR) is 63.1 cm³/mol. The van der Waals surface area contributed by atoms with Crippen molar-refractivity contribution >= 4 is 0 Å². The predicted octanol–water partition coefficient (Wildman–Crippen LogP) is 2.53. The normalized spacial score (nSPS) is 17.8. The molecule has 1 aromatic rings. The van der Waals surface area contributed by atoms with Crippen LogP contribution in [0.2, 0.25) is 0 Å². The third kappa shape index (κ3) is 3.23. The number of hydrogen-bond acceptors (Lipinski definition) is 2. The molecule has 0 heterocycles. The van der Waals surface area contributed by atoms with Gasteiger partial charge in [0.25, 0.3) is 0 Å². The van der Waals surface area contributed by atoms with Crippen molar-refractivity contribution in [2.75, 3.05) is 0 Å². The third-order valence-corrected chi connectivity index (χ3v) is 3.55. The standard InChI is InChI=1S/C13H18F2N2/c14-11-4-5-13(15)10(7-11)8-12(17-16)6-9-2-1-3-9/h4-5,7,9,12,17H,1-3,6,8,16H2. The van der Waals surface area contributed by atoms with Gasteiger partial charge in [0.15, 0.2) is 0 Å². The lowest BCUT2D eigenvalue weighted by molar-refractivity contribution is 0.259. The van der Waals surface area contributed by atoms with E-state index < -0.39 is 5.82 Å². The summed E-state index contributed by atoms with van der Waals surface area (Å²) in [6.45, 7) is 0. The molecule has 94 valence electrons. The lowest BCUT2D eigenvalue weighted by Gasteiger charge is -2.29. The van der Waals surface area contributed by atoms with Crippen molar-refractivity contribution in [3.05, 3.63) is 35.4 Å². The first-order valence-corrected chi connectivity index (χ1v) is 6.09. The maximum Gasteiger partial charge on any atom is 0.126 e. The number of nitrogens with one attached hydrogen (secondary N) is 1. The molecule has 17 heavy (non-hydrogen) atoms. The first kappa shape index (κ1) is 12.5. The smallest absolute Gasteiger partial charge is 0.126 e. The monoisotopic (exact) mass is 240 g/mol. The number of hydrazine groups is 1. The van der Waals surface area contributed by atoms with Crippen molar-refractivity contribution in [1.82, 2.24) is 5.43 Å². The summed E-state index contributed by atoms with van der Waals surface area (Å²) in [5, 5.41) is 0. The van der Waals surface area contributed by atoms with E-state index in [4.69, 9.17) is 5.84 Å². The molecule has 0 saturated heterocycles. The van der Waals surface area contributed by atoms with Crippen LogP contribution in [0.1, 0.15) is 31.2 Å². The summed E-state index contributed by atoms with van der Waals surface area (Å²) in [6, 6.07) is 3.58. The van der Waals surface area contributed by atoms with E-state index in [0.29, 0.717) is 17.9 Å². The number of hydrogen-bond donors (Lipinski definition) is 2. The van der Waals surface area contributed by atoms with Crippen LogP contribution in [-0.2, 0) is 6.42 Å². The maximum atomic E-state index is 13.5. The van der Waals surface area contributed by atoms with Crippen LogP contribution in [-0.4, -0.2) is 6.04 Å². The molecule has 1 fully saturated rings. The van der Waals surface area contributed by atoms with Crippen molar-refractivity contribution in [2.24, 2.45) is 11.8 Å². The Balaban J connectivity index is 1.98. The van der Waals surface area contributed by atoms with E-state index in [-0.39, 0.29) is 11.9 Å². The molecule has 1 saturated carbocycles. The Morgan fingerprint density at radius 1 is 1.35 bits per heavy atom. The largest absolute Gasteiger partial charge is 0.271 e. The first-order chi connectivity index (χ1) is 8.19. The summed E-state index contributed by atoms with van der Waals surface area (Å²) < 4.78 is 26.5. The van der Waals surface area contributed by atoms with Gasteiger partial charge in [0.1, 0.15) is 11.6 Å². The molecular weight excluding hydrogens is 222 g/mol. The van der Waals surface area contributed by atoms with Gasteiger partial charge in [-0.3, -0.25) is 11.3 Å². The van der Waals surface area contributed by atoms with Crippen LogP contribution in [0.4, 0.5) is 8.78 Å². The number of benzene rings is 1. The second-order valence-electron chi connectivity index (χ2n) is 4.84. The highest BCUT2D eigenvalue weighted by molar-refractivity contribution is 5.19. The fourth-order valence-corrected chi connectivity index (χ4v) is 2.31. The number of halogens is 2. The molecule has 1 aliphatic carbocycles. The summed E-state index contributed by atoms with van der Waals surface area (Å²) in [6.07, 6.45) is 5.10. The van der Waals surface area contributed by atoms with Crippen molar-refractivity contribution in [3.63, 3.8) is 0 Å². The van der Waals surface area contributed by atoms with E-state index in [9.17, 15) is 8.78 Å². The lowest BCUT2D eigenvalue weighted by atomic mass is 9.80. The van der Waals surface area contributed by atoms with Gasteiger partial charge in [-0.1, -0.05) is 19.3 Å². The lowest BCUT2D eigenvalue weighted by Crippen LogP contribution is -2.39. The molecule has 0 radical (unpaired) electrons. The Bertz CT molecular complexity index is 378. The van der Waals surface area contributed by atoms with Gasteiger partial charge in [0.2, 0.25) is 0 Å². The molecule has 2 nitrogen and oxygen atoms in total. The highest BCUT2D eigenvalue weighted by Gasteiger charge is 2.22. The fraction of sp³-hybridized carbons (Fsp3) is 0.538. The Morgan fingerprint density at radius 3 is 2.71 bits per heavy atom. The number of rotatable bonds is 5. The summed E-state index contributed by atoms with van der Waals surface area (Å²) in [4.78, 5) is 0. The molecule has 0 aromatic heterocycles. The van der Waals surface area contributed by atoms with Gasteiger partial charge in [-0.15, -0.1) is 0 Å². The van der Waals surface area contributed by atoms with E-state index in [1.807, 2.05) is 0 Å². The second-order valence-corrected chi connectivity index (χ2v) is 4.84. The minimum absolute atomic E-state index is 0.0246. The zero-order valence-corrected chi connectivity index (χ0v) is 9.76. The van der Waals surface area contributed by atoms with Gasteiger partial charge in [-0.05, 0) is 42.5 Å². The molecule has 1 atom stereocenters. The number of nitrogens with two attached hydrogens (primary N) is 1. The minimum atomic E-state index is -0.402. The van der Waals surface area contributed by atoms with Crippen molar-refractivity contribution in [3.8, 4) is 0 Å². The van der Waals surface area contributed by atoms with Crippen LogP contribution in [0.15, 0.2) is 18.2 Å². The van der Waals surface area contributed by atoms with Crippen LogP contribution in [0, 0.1) is 17.6 Å². The molecular formula is C13H18F2N2. The van der Waals surface area contributed by atoms with E-state index >= 15 is 0 Å². The van der Waals surface area contributed by atoms with Gasteiger partial charge in [0.05, 0.1) is 0 Å². The first-order valence-electron chi connectivity index (χ1n) is 6.09. The molecule has 0 spiro atoms. The SMILES string of the molecule is NNC(Cc1cc(F)ccc1F)CC1CCC1. The van der Waals surface area contributed by atoms with Gasteiger partial charge >= 0.3 is 0 Å². The molecule has 3 N–H and O–H groups in total. The van der Waals surface area contributed by atoms with Crippen molar-refractivity contribution in [1.29, 1.82) is 0 Å².